The van der Waals surface area contributed by atoms with Crippen LogP contribution < -0.4 is 9.80 Å². The molecule has 0 fully saturated rings. The molecule has 0 aromatic heterocycles. The molecule has 4 heteroatoms. The van der Waals surface area contributed by atoms with Crippen LogP contribution >= 0.6 is 0 Å². The summed E-state index contributed by atoms with van der Waals surface area (Å²) in [6.45, 7) is 1.75. The van der Waals surface area contributed by atoms with Gasteiger partial charge in [0, 0.05) is 25.0 Å². The van der Waals surface area contributed by atoms with Crippen molar-refractivity contribution in [1.82, 2.24) is 0 Å². The summed E-state index contributed by atoms with van der Waals surface area (Å²) in [5.74, 6) is 0. The first kappa shape index (κ1) is 12.3. The lowest BCUT2D eigenvalue weighted by atomic mass is 9.99. The molecule has 4 nitrogen and oxygen atoms in total. The summed E-state index contributed by atoms with van der Waals surface area (Å²) in [4.78, 5) is 4.08. The summed E-state index contributed by atoms with van der Waals surface area (Å²) in [6, 6.07) is 10.5. The summed E-state index contributed by atoms with van der Waals surface area (Å²) in [7, 11) is 1.93. The SMILES string of the molecule is CN(CC#N)c1cccc2c1CCCN2CC#N. The predicted octanol–water partition coefficient (Wildman–Crippen LogP) is 1.92. The third-order valence-corrected chi connectivity index (χ3v) is 3.30. The maximum absolute atomic E-state index is 8.86. The van der Waals surface area contributed by atoms with E-state index in [9.17, 15) is 0 Å². The van der Waals surface area contributed by atoms with Gasteiger partial charge < -0.3 is 9.80 Å². The minimum Gasteiger partial charge on any atom is -0.361 e. The minimum absolute atomic E-state index is 0.384. The normalized spacial score (nSPS) is 13.4. The van der Waals surface area contributed by atoms with Gasteiger partial charge in [0.2, 0.25) is 0 Å². The highest BCUT2D eigenvalue weighted by Gasteiger charge is 2.20. The molecule has 0 amide bonds. The van der Waals surface area contributed by atoms with Crippen molar-refractivity contribution in [2.24, 2.45) is 0 Å². The molecule has 0 N–H and O–H groups in total. The van der Waals surface area contributed by atoms with E-state index in [4.69, 9.17) is 10.5 Å². The largest absolute Gasteiger partial charge is 0.361 e. The van der Waals surface area contributed by atoms with E-state index in [1.807, 2.05) is 24.1 Å². The molecule has 1 aliphatic rings. The van der Waals surface area contributed by atoms with Gasteiger partial charge in [0.25, 0.3) is 0 Å². The molecular weight excluding hydrogens is 224 g/mol. The maximum Gasteiger partial charge on any atom is 0.105 e. The molecule has 0 aliphatic carbocycles. The fourth-order valence-corrected chi connectivity index (χ4v) is 2.48. The Morgan fingerprint density at radius 2 is 2.17 bits per heavy atom. The molecule has 1 aromatic rings. The van der Waals surface area contributed by atoms with Gasteiger partial charge in [0.05, 0.1) is 12.1 Å². The summed E-state index contributed by atoms with van der Waals surface area (Å²) >= 11 is 0. The van der Waals surface area contributed by atoms with Gasteiger partial charge in [-0.15, -0.1) is 0 Å². The van der Waals surface area contributed by atoms with Gasteiger partial charge in [0.15, 0.2) is 0 Å². The van der Waals surface area contributed by atoms with Gasteiger partial charge in [0.1, 0.15) is 13.1 Å². The molecule has 0 saturated heterocycles. The molecule has 0 atom stereocenters. The molecule has 0 radical (unpaired) electrons. The maximum atomic E-state index is 8.86. The first-order valence-electron chi connectivity index (χ1n) is 6.10. The van der Waals surface area contributed by atoms with Crippen molar-refractivity contribution in [3.8, 4) is 12.1 Å². The van der Waals surface area contributed by atoms with Crippen molar-refractivity contribution in [3.63, 3.8) is 0 Å². The first-order chi connectivity index (χ1) is 8.77. The van der Waals surface area contributed by atoms with Crippen molar-refractivity contribution < 1.29 is 0 Å². The quantitative estimate of drug-likeness (QED) is 0.757. The fraction of sp³-hybridized carbons (Fsp3) is 0.429. The van der Waals surface area contributed by atoms with Gasteiger partial charge in [-0.3, -0.25) is 0 Å². The monoisotopic (exact) mass is 240 g/mol. The highest BCUT2D eigenvalue weighted by atomic mass is 15.1. The van der Waals surface area contributed by atoms with E-state index in [-0.39, 0.29) is 0 Å². The Bertz CT molecular complexity index is 495. The number of benzene rings is 1. The zero-order valence-corrected chi connectivity index (χ0v) is 10.6. The highest BCUT2D eigenvalue weighted by Crippen LogP contribution is 2.34. The van der Waals surface area contributed by atoms with Crippen molar-refractivity contribution >= 4 is 11.4 Å². The van der Waals surface area contributed by atoms with Crippen LogP contribution in [0.4, 0.5) is 11.4 Å². The predicted molar refractivity (Wildman–Crippen MR) is 71.5 cm³/mol. The van der Waals surface area contributed by atoms with Crippen LogP contribution in [-0.2, 0) is 6.42 Å². The van der Waals surface area contributed by atoms with Crippen LogP contribution in [0.25, 0.3) is 0 Å². The molecule has 92 valence electrons. The zero-order valence-electron chi connectivity index (χ0n) is 10.6. The first-order valence-corrected chi connectivity index (χ1v) is 6.10. The van der Waals surface area contributed by atoms with E-state index in [1.165, 1.54) is 5.56 Å². The van der Waals surface area contributed by atoms with E-state index in [0.717, 1.165) is 30.8 Å². The van der Waals surface area contributed by atoms with Crippen molar-refractivity contribution in [1.29, 1.82) is 10.5 Å². The van der Waals surface area contributed by atoms with Crippen molar-refractivity contribution in [2.45, 2.75) is 12.8 Å². The van der Waals surface area contributed by atoms with E-state index in [0.29, 0.717) is 13.1 Å². The lowest BCUT2D eigenvalue weighted by molar-refractivity contribution is 0.722. The van der Waals surface area contributed by atoms with Crippen LogP contribution in [-0.4, -0.2) is 26.7 Å². The second kappa shape index (κ2) is 5.42. The standard InChI is InChI=1S/C14H16N4/c1-17(10-7-15)13-5-2-6-14-12(13)4-3-9-18(14)11-8-16/h2,5-6H,3-4,9-11H2,1H3. The van der Waals surface area contributed by atoms with E-state index < -0.39 is 0 Å². The van der Waals surface area contributed by atoms with Crippen molar-refractivity contribution in [3.05, 3.63) is 23.8 Å². The molecule has 0 unspecified atom stereocenters. The van der Waals surface area contributed by atoms with Gasteiger partial charge in [-0.25, -0.2) is 0 Å². The summed E-state index contributed by atoms with van der Waals surface area (Å²) in [5, 5.41) is 17.7. The highest BCUT2D eigenvalue weighted by molar-refractivity contribution is 5.69. The Kier molecular flexibility index (Phi) is 3.69. The molecule has 2 rings (SSSR count). The Labute approximate surface area is 108 Å². The van der Waals surface area contributed by atoms with Gasteiger partial charge in [-0.1, -0.05) is 6.07 Å². The average Bonchev–Trinajstić information content (AvgIpc) is 2.39. The number of hydrogen-bond acceptors (Lipinski definition) is 4. The lowest BCUT2D eigenvalue weighted by Gasteiger charge is -2.32. The molecule has 1 aliphatic heterocycles. The number of nitrogens with zero attached hydrogens (tertiary/aromatic N) is 4. The number of anilines is 2. The van der Waals surface area contributed by atoms with E-state index >= 15 is 0 Å². The average molecular weight is 240 g/mol. The van der Waals surface area contributed by atoms with Gasteiger partial charge in [-0.05, 0) is 30.5 Å². The van der Waals surface area contributed by atoms with E-state index in [2.05, 4.69) is 23.1 Å². The Balaban J connectivity index is 2.38. The Morgan fingerprint density at radius 1 is 1.33 bits per heavy atom. The third kappa shape index (κ3) is 2.24. The minimum atomic E-state index is 0.384. The van der Waals surface area contributed by atoms with Gasteiger partial charge >= 0.3 is 0 Å². The molecule has 0 bridgehead atoms. The van der Waals surface area contributed by atoms with Crippen LogP contribution in [0, 0.1) is 22.7 Å². The van der Waals surface area contributed by atoms with E-state index in [1.54, 1.807) is 0 Å². The number of rotatable bonds is 3. The fourth-order valence-electron chi connectivity index (χ4n) is 2.48. The number of hydrogen-bond donors (Lipinski definition) is 0. The summed E-state index contributed by atoms with van der Waals surface area (Å²) in [5.41, 5.74) is 3.51. The number of fused-ring (bicyclic) bond motifs is 1. The van der Waals surface area contributed by atoms with Crippen LogP contribution in [0.1, 0.15) is 12.0 Å². The summed E-state index contributed by atoms with van der Waals surface area (Å²) in [6.07, 6.45) is 2.08. The second-order valence-corrected chi connectivity index (χ2v) is 4.47. The smallest absolute Gasteiger partial charge is 0.105 e. The number of nitriles is 2. The molecule has 18 heavy (non-hydrogen) atoms. The Morgan fingerprint density at radius 3 is 2.89 bits per heavy atom. The molecule has 1 aromatic carbocycles. The van der Waals surface area contributed by atoms with Gasteiger partial charge in [-0.2, -0.15) is 10.5 Å². The van der Waals surface area contributed by atoms with Crippen molar-refractivity contribution in [2.75, 3.05) is 36.5 Å². The van der Waals surface area contributed by atoms with Crippen LogP contribution in [0.2, 0.25) is 0 Å². The zero-order chi connectivity index (χ0) is 13.0. The van der Waals surface area contributed by atoms with Crippen LogP contribution in [0.15, 0.2) is 18.2 Å². The second-order valence-electron chi connectivity index (χ2n) is 4.47. The molecule has 1 heterocycles. The molecule has 0 spiro atoms. The lowest BCUT2D eigenvalue weighted by Crippen LogP contribution is -2.31. The van der Waals surface area contributed by atoms with Crippen LogP contribution in [0.5, 0.6) is 0 Å². The molecular formula is C14H16N4. The van der Waals surface area contributed by atoms with Crippen LogP contribution in [0.3, 0.4) is 0 Å². The third-order valence-electron chi connectivity index (χ3n) is 3.30. The molecule has 0 saturated carbocycles. The summed E-state index contributed by atoms with van der Waals surface area (Å²) < 4.78 is 0. The Hall–Kier alpha value is -2.20. The topological polar surface area (TPSA) is 54.1 Å².